The minimum absolute atomic E-state index is 0. The summed E-state index contributed by atoms with van der Waals surface area (Å²) in [5, 5.41) is 6.13. The zero-order valence-corrected chi connectivity index (χ0v) is 18.1. The Morgan fingerprint density at radius 2 is 1.89 bits per heavy atom. The summed E-state index contributed by atoms with van der Waals surface area (Å²) < 4.78 is 32.9. The van der Waals surface area contributed by atoms with E-state index < -0.39 is 11.6 Å². The van der Waals surface area contributed by atoms with E-state index in [1.54, 1.807) is 13.2 Å². The van der Waals surface area contributed by atoms with Crippen LogP contribution >= 0.6 is 24.0 Å². The molecule has 0 saturated heterocycles. The highest BCUT2D eigenvalue weighted by atomic mass is 127. The summed E-state index contributed by atoms with van der Waals surface area (Å²) in [5.74, 6) is 0.199. The molecule has 5 nitrogen and oxygen atoms in total. The third-order valence-electron chi connectivity index (χ3n) is 4.53. The van der Waals surface area contributed by atoms with E-state index in [-0.39, 0.29) is 42.2 Å². The lowest BCUT2D eigenvalue weighted by atomic mass is 10.2. The van der Waals surface area contributed by atoms with E-state index in [1.165, 1.54) is 18.9 Å². The topological polar surface area (TPSA) is 58.5 Å². The van der Waals surface area contributed by atoms with Crippen LogP contribution in [0.15, 0.2) is 41.5 Å². The van der Waals surface area contributed by atoms with Gasteiger partial charge in [-0.3, -0.25) is 4.99 Å². The van der Waals surface area contributed by atoms with E-state index in [9.17, 15) is 8.78 Å². The Morgan fingerprint density at radius 3 is 2.64 bits per heavy atom. The van der Waals surface area contributed by atoms with Gasteiger partial charge in [-0.1, -0.05) is 0 Å². The van der Waals surface area contributed by atoms with E-state index in [1.807, 2.05) is 12.1 Å². The van der Waals surface area contributed by atoms with Crippen LogP contribution in [0.5, 0.6) is 5.88 Å². The maximum Gasteiger partial charge on any atom is 0.213 e. The quantitative estimate of drug-likeness (QED) is 0.354. The Balaban J connectivity index is 0.00000280. The number of rotatable bonds is 6. The first-order valence-corrected chi connectivity index (χ1v) is 9.14. The number of pyridine rings is 1. The molecule has 0 unspecified atom stereocenters. The van der Waals surface area contributed by atoms with Gasteiger partial charge in [0.15, 0.2) is 5.96 Å². The van der Waals surface area contributed by atoms with Crippen LogP contribution in [0.1, 0.15) is 36.8 Å². The fourth-order valence-electron chi connectivity index (χ4n) is 3.07. The van der Waals surface area contributed by atoms with Crippen LogP contribution in [0, 0.1) is 11.6 Å². The lowest BCUT2D eigenvalue weighted by Gasteiger charge is -2.14. The molecule has 0 bridgehead atoms. The number of nitrogens with one attached hydrogen (secondary N) is 2. The van der Waals surface area contributed by atoms with Crippen molar-refractivity contribution in [3.05, 3.63) is 59.3 Å². The van der Waals surface area contributed by atoms with Gasteiger partial charge in [0.25, 0.3) is 0 Å². The average molecular weight is 502 g/mol. The van der Waals surface area contributed by atoms with Crippen molar-refractivity contribution in [1.29, 1.82) is 0 Å². The molecular formula is C20H25F2IN4O. The molecule has 0 spiro atoms. The molecule has 0 aliphatic heterocycles. The Kier molecular flexibility index (Phi) is 8.88. The molecule has 1 fully saturated rings. The normalized spacial score (nSPS) is 14.5. The van der Waals surface area contributed by atoms with Crippen LogP contribution in [0.4, 0.5) is 8.78 Å². The second kappa shape index (κ2) is 11.1. The molecular weight excluding hydrogens is 477 g/mol. The van der Waals surface area contributed by atoms with Crippen molar-refractivity contribution in [2.24, 2.45) is 4.99 Å². The van der Waals surface area contributed by atoms with E-state index in [4.69, 9.17) is 4.74 Å². The number of aromatic nitrogens is 1. The second-order valence-corrected chi connectivity index (χ2v) is 6.54. The molecule has 2 aromatic rings. The monoisotopic (exact) mass is 502 g/mol. The van der Waals surface area contributed by atoms with Gasteiger partial charge in [-0.25, -0.2) is 13.8 Å². The first-order chi connectivity index (χ1) is 13.1. The molecule has 152 valence electrons. The highest BCUT2D eigenvalue weighted by Crippen LogP contribution is 2.23. The number of hydrogen-bond acceptors (Lipinski definition) is 3. The summed E-state index contributed by atoms with van der Waals surface area (Å²) in [6.45, 7) is 0.643. The Labute approximate surface area is 181 Å². The number of hydrogen-bond donors (Lipinski definition) is 2. The molecule has 2 N–H and O–H groups in total. The van der Waals surface area contributed by atoms with Crippen molar-refractivity contribution in [1.82, 2.24) is 15.6 Å². The number of halogens is 3. The van der Waals surface area contributed by atoms with Crippen LogP contribution in [-0.2, 0) is 13.1 Å². The summed E-state index contributed by atoms with van der Waals surface area (Å²) in [4.78, 5) is 8.38. The number of nitrogens with zero attached hydrogens (tertiary/aromatic N) is 2. The third-order valence-corrected chi connectivity index (χ3v) is 4.53. The lowest BCUT2D eigenvalue weighted by Crippen LogP contribution is -2.36. The van der Waals surface area contributed by atoms with Gasteiger partial charge in [0.05, 0.1) is 0 Å². The molecule has 1 heterocycles. The minimum atomic E-state index is -0.470. The van der Waals surface area contributed by atoms with Crippen LogP contribution < -0.4 is 15.4 Å². The van der Waals surface area contributed by atoms with E-state index in [0.29, 0.717) is 18.4 Å². The Bertz CT molecular complexity index is 798. The highest BCUT2D eigenvalue weighted by Gasteiger charge is 2.17. The molecule has 0 amide bonds. The molecule has 0 atom stereocenters. The van der Waals surface area contributed by atoms with Gasteiger partial charge in [0.1, 0.15) is 17.7 Å². The van der Waals surface area contributed by atoms with Gasteiger partial charge < -0.3 is 15.4 Å². The fraction of sp³-hybridized carbons (Fsp3) is 0.400. The second-order valence-electron chi connectivity index (χ2n) is 6.54. The van der Waals surface area contributed by atoms with E-state index in [2.05, 4.69) is 20.6 Å². The molecule has 1 aliphatic rings. The molecule has 8 heteroatoms. The third kappa shape index (κ3) is 6.57. The van der Waals surface area contributed by atoms with Crippen molar-refractivity contribution < 1.29 is 13.5 Å². The number of guanidine groups is 1. The SMILES string of the molecule is CN=C(NCc1ccnc(OC2CCCC2)c1)NCc1cc(F)ccc1F.I. The predicted octanol–water partition coefficient (Wildman–Crippen LogP) is 4.16. The lowest BCUT2D eigenvalue weighted by molar-refractivity contribution is 0.201. The smallest absolute Gasteiger partial charge is 0.213 e. The van der Waals surface area contributed by atoms with Gasteiger partial charge in [-0.15, -0.1) is 24.0 Å². The van der Waals surface area contributed by atoms with Gasteiger partial charge in [-0.05, 0) is 55.5 Å². The number of benzene rings is 1. The molecule has 1 aromatic carbocycles. The largest absolute Gasteiger partial charge is 0.474 e. The van der Waals surface area contributed by atoms with Crippen LogP contribution in [-0.4, -0.2) is 24.1 Å². The van der Waals surface area contributed by atoms with Gasteiger partial charge in [-0.2, -0.15) is 0 Å². The van der Waals surface area contributed by atoms with Gasteiger partial charge >= 0.3 is 0 Å². The van der Waals surface area contributed by atoms with Crippen molar-refractivity contribution in [2.45, 2.75) is 44.9 Å². The van der Waals surface area contributed by atoms with Crippen molar-refractivity contribution in [3.8, 4) is 5.88 Å². The molecule has 1 saturated carbocycles. The van der Waals surface area contributed by atoms with Crippen molar-refractivity contribution in [3.63, 3.8) is 0 Å². The highest BCUT2D eigenvalue weighted by molar-refractivity contribution is 14.0. The van der Waals surface area contributed by atoms with E-state index in [0.717, 1.165) is 30.5 Å². The fourth-order valence-corrected chi connectivity index (χ4v) is 3.07. The number of aliphatic imine (C=N–C) groups is 1. The average Bonchev–Trinajstić information content (AvgIpc) is 3.18. The first-order valence-electron chi connectivity index (χ1n) is 9.14. The maximum absolute atomic E-state index is 13.7. The summed E-state index contributed by atoms with van der Waals surface area (Å²) in [6, 6.07) is 7.19. The Morgan fingerprint density at radius 1 is 1.14 bits per heavy atom. The molecule has 3 rings (SSSR count). The number of ether oxygens (including phenoxy) is 1. The standard InChI is InChI=1S/C20H24F2N4O.HI/c1-23-20(26-13-15-11-16(21)6-7-18(15)22)25-12-14-8-9-24-19(10-14)27-17-4-2-3-5-17;/h6-11,17H,2-5,12-13H2,1H3,(H2,23,25,26);1H. The van der Waals surface area contributed by atoms with Crippen LogP contribution in [0.25, 0.3) is 0 Å². The van der Waals surface area contributed by atoms with Crippen LogP contribution in [0.2, 0.25) is 0 Å². The minimum Gasteiger partial charge on any atom is -0.474 e. The van der Waals surface area contributed by atoms with Gasteiger partial charge in [0, 0.05) is 38.0 Å². The van der Waals surface area contributed by atoms with E-state index >= 15 is 0 Å². The molecule has 0 radical (unpaired) electrons. The van der Waals surface area contributed by atoms with Crippen molar-refractivity contribution in [2.75, 3.05) is 7.05 Å². The molecule has 1 aromatic heterocycles. The molecule has 28 heavy (non-hydrogen) atoms. The summed E-state index contributed by atoms with van der Waals surface area (Å²) in [5.41, 5.74) is 1.24. The maximum atomic E-state index is 13.7. The first kappa shape index (κ1) is 22.3. The molecule has 1 aliphatic carbocycles. The predicted molar refractivity (Wildman–Crippen MR) is 116 cm³/mol. The van der Waals surface area contributed by atoms with Crippen LogP contribution in [0.3, 0.4) is 0 Å². The Hall–Kier alpha value is -1.97. The van der Waals surface area contributed by atoms with Gasteiger partial charge in [0.2, 0.25) is 5.88 Å². The summed E-state index contributed by atoms with van der Waals surface area (Å²) in [7, 11) is 1.62. The summed E-state index contributed by atoms with van der Waals surface area (Å²) in [6.07, 6.45) is 6.56. The zero-order chi connectivity index (χ0) is 19.1. The zero-order valence-electron chi connectivity index (χ0n) is 15.8. The van der Waals surface area contributed by atoms with Crippen molar-refractivity contribution >= 4 is 29.9 Å². The summed E-state index contributed by atoms with van der Waals surface area (Å²) >= 11 is 0.